The normalized spacial score (nSPS) is 26.6. The fourth-order valence-electron chi connectivity index (χ4n) is 3.19. The molecular formula is C15H22BrNO3S. The molecular weight excluding hydrogens is 354 g/mol. The lowest BCUT2D eigenvalue weighted by Crippen LogP contribution is -2.40. The Morgan fingerprint density at radius 3 is 2.38 bits per heavy atom. The van der Waals surface area contributed by atoms with Crippen molar-refractivity contribution in [1.29, 1.82) is 0 Å². The van der Waals surface area contributed by atoms with E-state index in [9.17, 15) is 8.42 Å². The molecule has 1 saturated carbocycles. The van der Waals surface area contributed by atoms with Gasteiger partial charge in [0.15, 0.2) is 0 Å². The summed E-state index contributed by atoms with van der Waals surface area (Å²) in [6.07, 6.45) is 2.94. The molecule has 0 radical (unpaired) electrons. The third-order valence-electron chi connectivity index (χ3n) is 3.92. The molecule has 1 aromatic carbocycles. The van der Waals surface area contributed by atoms with Crippen LogP contribution in [0.1, 0.15) is 33.1 Å². The van der Waals surface area contributed by atoms with E-state index in [2.05, 4.69) is 34.5 Å². The summed E-state index contributed by atoms with van der Waals surface area (Å²) in [6, 6.07) is 5.00. The highest BCUT2D eigenvalue weighted by molar-refractivity contribution is 9.10. The van der Waals surface area contributed by atoms with Crippen LogP contribution in [0.5, 0.6) is 5.75 Å². The van der Waals surface area contributed by atoms with Gasteiger partial charge in [0.25, 0.3) is 0 Å². The zero-order valence-electron chi connectivity index (χ0n) is 12.6. The van der Waals surface area contributed by atoms with Gasteiger partial charge in [-0.2, -0.15) is 0 Å². The van der Waals surface area contributed by atoms with Crippen LogP contribution in [0.15, 0.2) is 27.6 Å². The highest BCUT2D eigenvalue weighted by atomic mass is 79.9. The summed E-state index contributed by atoms with van der Waals surface area (Å²) in [5.41, 5.74) is 0. The van der Waals surface area contributed by atoms with Gasteiger partial charge in [0.2, 0.25) is 10.0 Å². The Morgan fingerprint density at radius 1 is 1.19 bits per heavy atom. The van der Waals surface area contributed by atoms with E-state index in [1.807, 2.05) is 0 Å². The number of sulfonamides is 1. The molecule has 0 amide bonds. The summed E-state index contributed by atoms with van der Waals surface area (Å²) < 4.78 is 34.0. The van der Waals surface area contributed by atoms with Gasteiger partial charge in [-0.1, -0.05) is 29.8 Å². The predicted molar refractivity (Wildman–Crippen MR) is 87.0 cm³/mol. The van der Waals surface area contributed by atoms with Gasteiger partial charge in [-0.05, 0) is 49.3 Å². The minimum atomic E-state index is -3.58. The van der Waals surface area contributed by atoms with E-state index in [1.54, 1.807) is 18.2 Å². The van der Waals surface area contributed by atoms with Crippen molar-refractivity contribution in [2.24, 2.45) is 11.8 Å². The van der Waals surface area contributed by atoms with Crippen LogP contribution in [0.2, 0.25) is 0 Å². The van der Waals surface area contributed by atoms with Crippen LogP contribution in [-0.4, -0.2) is 21.6 Å². The van der Waals surface area contributed by atoms with Crippen molar-refractivity contribution in [2.75, 3.05) is 7.11 Å². The van der Waals surface area contributed by atoms with Crippen molar-refractivity contribution in [2.45, 2.75) is 44.0 Å². The molecule has 6 heteroatoms. The van der Waals surface area contributed by atoms with Crippen LogP contribution < -0.4 is 9.46 Å². The van der Waals surface area contributed by atoms with Crippen LogP contribution in [0.4, 0.5) is 0 Å². The highest BCUT2D eigenvalue weighted by Gasteiger charge is 2.29. The number of nitrogens with one attached hydrogen (secondary N) is 1. The monoisotopic (exact) mass is 375 g/mol. The second-order valence-corrected chi connectivity index (χ2v) is 8.63. The lowest BCUT2D eigenvalue weighted by Gasteiger charge is -2.31. The summed E-state index contributed by atoms with van der Waals surface area (Å²) in [5, 5.41) is 0. The zero-order valence-corrected chi connectivity index (χ0v) is 15.0. The summed E-state index contributed by atoms with van der Waals surface area (Å²) in [4.78, 5) is 0.185. The maximum Gasteiger partial charge on any atom is 0.244 e. The molecule has 2 rings (SSSR count). The summed E-state index contributed by atoms with van der Waals surface area (Å²) >= 11 is 3.31. The maximum absolute atomic E-state index is 12.6. The lowest BCUT2D eigenvalue weighted by molar-refractivity contribution is 0.257. The molecule has 0 aliphatic heterocycles. The van der Waals surface area contributed by atoms with Crippen LogP contribution in [0.3, 0.4) is 0 Å². The first-order valence-electron chi connectivity index (χ1n) is 7.17. The van der Waals surface area contributed by atoms with Crippen molar-refractivity contribution in [3.63, 3.8) is 0 Å². The number of benzene rings is 1. The van der Waals surface area contributed by atoms with Gasteiger partial charge in [-0.3, -0.25) is 0 Å². The largest absolute Gasteiger partial charge is 0.495 e. The Hall–Kier alpha value is -0.590. The molecule has 0 bridgehead atoms. The number of hydrogen-bond acceptors (Lipinski definition) is 3. The number of hydrogen-bond donors (Lipinski definition) is 1. The Bertz CT molecular complexity index is 593. The fraction of sp³-hybridized carbons (Fsp3) is 0.600. The Morgan fingerprint density at radius 2 is 1.81 bits per heavy atom. The van der Waals surface area contributed by atoms with E-state index in [0.717, 1.165) is 12.8 Å². The summed E-state index contributed by atoms with van der Waals surface area (Å²) in [7, 11) is -2.10. The Balaban J connectivity index is 2.24. The van der Waals surface area contributed by atoms with Crippen LogP contribution in [0.25, 0.3) is 0 Å². The van der Waals surface area contributed by atoms with E-state index in [-0.39, 0.29) is 10.9 Å². The molecule has 4 nitrogen and oxygen atoms in total. The molecule has 1 aliphatic carbocycles. The minimum absolute atomic E-state index is 0.00237. The third kappa shape index (κ3) is 4.20. The first kappa shape index (κ1) is 16.8. The van der Waals surface area contributed by atoms with Gasteiger partial charge in [0.1, 0.15) is 10.6 Å². The lowest BCUT2D eigenvalue weighted by atomic mass is 9.81. The topological polar surface area (TPSA) is 55.4 Å². The van der Waals surface area contributed by atoms with Crippen LogP contribution in [0, 0.1) is 11.8 Å². The van der Waals surface area contributed by atoms with E-state index in [0.29, 0.717) is 22.1 Å². The van der Waals surface area contributed by atoms with E-state index in [4.69, 9.17) is 4.74 Å². The summed E-state index contributed by atoms with van der Waals surface area (Å²) in [5.74, 6) is 1.46. The number of rotatable bonds is 4. The quantitative estimate of drug-likeness (QED) is 0.874. The molecule has 118 valence electrons. The van der Waals surface area contributed by atoms with Crippen LogP contribution >= 0.6 is 15.9 Å². The van der Waals surface area contributed by atoms with Gasteiger partial charge in [-0.15, -0.1) is 0 Å². The number of ether oxygens (including phenoxy) is 1. The van der Waals surface area contributed by atoms with Crippen molar-refractivity contribution < 1.29 is 13.2 Å². The first-order chi connectivity index (χ1) is 9.81. The molecule has 1 aliphatic rings. The number of halogens is 1. The fourth-order valence-corrected chi connectivity index (χ4v) is 5.16. The van der Waals surface area contributed by atoms with E-state index in [1.165, 1.54) is 13.5 Å². The van der Waals surface area contributed by atoms with Gasteiger partial charge in [0, 0.05) is 10.5 Å². The summed E-state index contributed by atoms with van der Waals surface area (Å²) in [6.45, 7) is 4.35. The molecule has 1 fully saturated rings. The van der Waals surface area contributed by atoms with E-state index < -0.39 is 10.0 Å². The maximum atomic E-state index is 12.6. The van der Waals surface area contributed by atoms with Gasteiger partial charge < -0.3 is 4.74 Å². The van der Waals surface area contributed by atoms with Crippen molar-refractivity contribution in [3.8, 4) is 5.75 Å². The molecule has 21 heavy (non-hydrogen) atoms. The minimum Gasteiger partial charge on any atom is -0.495 e. The molecule has 2 atom stereocenters. The molecule has 0 heterocycles. The van der Waals surface area contributed by atoms with Crippen LogP contribution in [-0.2, 0) is 10.0 Å². The first-order valence-corrected chi connectivity index (χ1v) is 9.45. The smallest absolute Gasteiger partial charge is 0.244 e. The standard InChI is InChI=1S/C15H22BrNO3S/c1-10-6-11(2)8-13(7-10)17-21(18,19)15-9-12(16)4-5-14(15)20-3/h4-5,9-11,13,17H,6-8H2,1-3H3. The second-order valence-electron chi connectivity index (χ2n) is 6.03. The molecule has 2 unspecified atom stereocenters. The van der Waals surface area contributed by atoms with E-state index >= 15 is 0 Å². The SMILES string of the molecule is COc1ccc(Br)cc1S(=O)(=O)NC1CC(C)CC(C)C1. The average Bonchev–Trinajstić information content (AvgIpc) is 2.36. The Labute approximate surface area is 135 Å². The van der Waals surface area contributed by atoms with Crippen molar-refractivity contribution >= 4 is 26.0 Å². The molecule has 0 saturated heterocycles. The zero-order chi connectivity index (χ0) is 15.6. The van der Waals surface area contributed by atoms with Crippen molar-refractivity contribution in [1.82, 2.24) is 4.72 Å². The average molecular weight is 376 g/mol. The second kappa shape index (κ2) is 6.67. The molecule has 1 aromatic rings. The predicted octanol–water partition coefficient (Wildman–Crippen LogP) is 3.56. The third-order valence-corrected chi connectivity index (χ3v) is 5.95. The number of methoxy groups -OCH3 is 1. The molecule has 0 spiro atoms. The van der Waals surface area contributed by atoms with Gasteiger partial charge in [-0.25, -0.2) is 13.1 Å². The Kier molecular flexibility index (Phi) is 5.33. The molecule has 1 N–H and O–H groups in total. The van der Waals surface area contributed by atoms with Crippen molar-refractivity contribution in [3.05, 3.63) is 22.7 Å². The molecule has 0 aromatic heterocycles. The van der Waals surface area contributed by atoms with Gasteiger partial charge >= 0.3 is 0 Å². The van der Waals surface area contributed by atoms with Gasteiger partial charge in [0.05, 0.1) is 7.11 Å². The highest BCUT2D eigenvalue weighted by Crippen LogP contribution is 2.31.